The molecule has 0 saturated carbocycles. The lowest BCUT2D eigenvalue weighted by molar-refractivity contribution is -0.203. The summed E-state index contributed by atoms with van der Waals surface area (Å²) in [5.41, 5.74) is 2.73. The van der Waals surface area contributed by atoms with E-state index < -0.39 is 12.2 Å². The Labute approximate surface area is 228 Å². The highest BCUT2D eigenvalue weighted by Gasteiger charge is 2.50. The predicted molar refractivity (Wildman–Crippen MR) is 145 cm³/mol. The number of hydrazine groups is 1. The van der Waals surface area contributed by atoms with E-state index in [-0.39, 0.29) is 49.5 Å². The first-order valence-corrected chi connectivity index (χ1v) is 13.3. The number of piperazine rings is 1. The summed E-state index contributed by atoms with van der Waals surface area (Å²) >= 11 is 0. The molecule has 5 rings (SSSR count). The number of nitrogens with zero attached hydrogens (tertiary/aromatic N) is 5. The predicted octanol–water partition coefficient (Wildman–Crippen LogP) is 2.61. The molecule has 1 N–H and O–H groups in total. The summed E-state index contributed by atoms with van der Waals surface area (Å²) in [4.78, 5) is 48.5. The number of aromatic nitrogens is 1. The first-order valence-electron chi connectivity index (χ1n) is 13.3. The van der Waals surface area contributed by atoms with Crippen LogP contribution < -0.4 is 0 Å². The molecule has 1 aromatic heterocycles. The molecule has 2 aliphatic heterocycles. The van der Waals surface area contributed by atoms with Crippen molar-refractivity contribution in [1.29, 1.82) is 0 Å². The van der Waals surface area contributed by atoms with Crippen LogP contribution in [0.5, 0.6) is 5.75 Å². The number of rotatable bonds is 8. The van der Waals surface area contributed by atoms with Gasteiger partial charge in [-0.1, -0.05) is 48.5 Å². The van der Waals surface area contributed by atoms with Crippen LogP contribution in [0.2, 0.25) is 0 Å². The first kappa shape index (κ1) is 26.4. The fourth-order valence-electron chi connectivity index (χ4n) is 5.46. The van der Waals surface area contributed by atoms with Gasteiger partial charge < -0.3 is 14.9 Å². The summed E-state index contributed by atoms with van der Waals surface area (Å²) < 4.78 is 0. The van der Waals surface area contributed by atoms with Crippen molar-refractivity contribution in [1.82, 2.24) is 24.8 Å². The molecule has 0 spiro atoms. The van der Waals surface area contributed by atoms with E-state index in [4.69, 9.17) is 0 Å². The van der Waals surface area contributed by atoms with Crippen LogP contribution in [0.15, 0.2) is 79.0 Å². The Morgan fingerprint density at radius 2 is 1.72 bits per heavy atom. The first-order chi connectivity index (χ1) is 18.9. The van der Waals surface area contributed by atoms with E-state index in [9.17, 15) is 19.5 Å². The highest BCUT2D eigenvalue weighted by Crippen LogP contribution is 2.29. The third-order valence-corrected chi connectivity index (χ3v) is 7.34. The Morgan fingerprint density at radius 3 is 2.44 bits per heavy atom. The molecule has 1 unspecified atom stereocenters. The molecule has 3 heterocycles. The second kappa shape index (κ2) is 11.7. The number of hydrogen-bond acceptors (Lipinski definition) is 6. The second-order valence-corrected chi connectivity index (χ2v) is 10.1. The minimum Gasteiger partial charge on any atom is -0.508 e. The Bertz CT molecular complexity index is 1300. The van der Waals surface area contributed by atoms with Crippen LogP contribution >= 0.6 is 0 Å². The number of fused-ring (bicyclic) bond motifs is 1. The van der Waals surface area contributed by atoms with Gasteiger partial charge in [-0.15, -0.1) is 0 Å². The average Bonchev–Trinajstić information content (AvgIpc) is 2.93. The van der Waals surface area contributed by atoms with E-state index in [1.54, 1.807) is 57.3 Å². The fourth-order valence-corrected chi connectivity index (χ4v) is 5.46. The van der Waals surface area contributed by atoms with Gasteiger partial charge in [0.15, 0.2) is 0 Å². The van der Waals surface area contributed by atoms with Crippen molar-refractivity contribution in [3.8, 4) is 5.75 Å². The minimum absolute atomic E-state index is 0.0144. The molecule has 2 aromatic carbocycles. The van der Waals surface area contributed by atoms with Crippen LogP contribution in [0.3, 0.4) is 0 Å². The number of pyridine rings is 1. The molecule has 2 fully saturated rings. The Kier molecular flexibility index (Phi) is 7.88. The second-order valence-electron chi connectivity index (χ2n) is 10.1. The number of aromatic hydroxyl groups is 1. The summed E-state index contributed by atoms with van der Waals surface area (Å²) in [5, 5.41) is 13.1. The van der Waals surface area contributed by atoms with Crippen LogP contribution in [-0.4, -0.2) is 80.0 Å². The van der Waals surface area contributed by atoms with E-state index in [0.717, 1.165) is 17.7 Å². The maximum atomic E-state index is 13.8. The number of benzene rings is 2. The number of phenols is 1. The SMILES string of the molecule is CN1CC(=O)N2C(CN(Cc3ccccn3)C(=O)[C@@H]2Cc2ccc(O)cc2)N1C(=O)CCCc1ccccc1. The molecule has 9 nitrogen and oxygen atoms in total. The zero-order chi connectivity index (χ0) is 27.4. The Morgan fingerprint density at radius 1 is 0.974 bits per heavy atom. The van der Waals surface area contributed by atoms with Crippen LogP contribution in [0, 0.1) is 0 Å². The van der Waals surface area contributed by atoms with E-state index in [1.165, 1.54) is 5.56 Å². The summed E-state index contributed by atoms with van der Waals surface area (Å²) in [7, 11) is 1.75. The smallest absolute Gasteiger partial charge is 0.246 e. The van der Waals surface area contributed by atoms with Crippen molar-refractivity contribution >= 4 is 17.7 Å². The third-order valence-electron chi connectivity index (χ3n) is 7.34. The molecule has 3 amide bonds. The Balaban J connectivity index is 1.41. The van der Waals surface area contributed by atoms with E-state index >= 15 is 0 Å². The maximum absolute atomic E-state index is 13.8. The van der Waals surface area contributed by atoms with Gasteiger partial charge in [-0.05, 0) is 48.2 Å². The third kappa shape index (κ3) is 5.93. The zero-order valence-corrected chi connectivity index (χ0v) is 22.0. The quantitative estimate of drug-likeness (QED) is 0.484. The number of carbonyl (C=O) groups is 3. The maximum Gasteiger partial charge on any atom is 0.246 e. The molecule has 2 aliphatic rings. The van der Waals surface area contributed by atoms with Crippen molar-refractivity contribution < 1.29 is 19.5 Å². The molecule has 9 heteroatoms. The van der Waals surface area contributed by atoms with Crippen LogP contribution in [-0.2, 0) is 33.8 Å². The van der Waals surface area contributed by atoms with E-state index in [2.05, 4.69) is 4.98 Å². The van der Waals surface area contributed by atoms with E-state index in [0.29, 0.717) is 12.8 Å². The molecule has 39 heavy (non-hydrogen) atoms. The molecular formula is C30H33N5O4. The summed E-state index contributed by atoms with van der Waals surface area (Å²) in [5.74, 6) is -0.317. The largest absolute Gasteiger partial charge is 0.508 e. The van der Waals surface area contributed by atoms with Gasteiger partial charge in [0.05, 0.1) is 25.3 Å². The van der Waals surface area contributed by atoms with Gasteiger partial charge in [0.1, 0.15) is 18.0 Å². The van der Waals surface area contributed by atoms with Gasteiger partial charge >= 0.3 is 0 Å². The van der Waals surface area contributed by atoms with Crippen molar-refractivity contribution in [2.24, 2.45) is 0 Å². The van der Waals surface area contributed by atoms with Gasteiger partial charge in [0.25, 0.3) is 0 Å². The van der Waals surface area contributed by atoms with Gasteiger partial charge in [-0.25, -0.2) is 5.01 Å². The molecule has 202 valence electrons. The lowest BCUT2D eigenvalue weighted by Gasteiger charge is -2.54. The molecule has 0 radical (unpaired) electrons. The monoisotopic (exact) mass is 527 g/mol. The fraction of sp³-hybridized carbons (Fsp3) is 0.333. The van der Waals surface area contributed by atoms with Crippen LogP contribution in [0.4, 0.5) is 0 Å². The van der Waals surface area contributed by atoms with Crippen molar-refractivity contribution in [2.75, 3.05) is 20.1 Å². The topological polar surface area (TPSA) is 97.3 Å². The number of likely N-dealkylation sites (N-methyl/N-ethyl adjacent to an activating group) is 1. The number of carbonyl (C=O) groups excluding carboxylic acids is 3. The summed E-state index contributed by atoms with van der Waals surface area (Å²) in [6.45, 7) is 0.493. The van der Waals surface area contributed by atoms with E-state index in [1.807, 2.05) is 48.5 Å². The highest BCUT2D eigenvalue weighted by atomic mass is 16.3. The van der Waals surface area contributed by atoms with Crippen molar-refractivity contribution in [3.63, 3.8) is 0 Å². The summed E-state index contributed by atoms with van der Waals surface area (Å²) in [6, 6.07) is 21.5. The minimum atomic E-state index is -0.780. The van der Waals surface area contributed by atoms with Crippen molar-refractivity contribution in [2.45, 2.75) is 44.4 Å². The molecular weight excluding hydrogens is 494 g/mol. The normalized spacial score (nSPS) is 19.8. The van der Waals surface area contributed by atoms with Gasteiger partial charge in [-0.3, -0.25) is 24.4 Å². The zero-order valence-electron chi connectivity index (χ0n) is 22.0. The van der Waals surface area contributed by atoms with Crippen molar-refractivity contribution in [3.05, 3.63) is 95.8 Å². The standard InChI is InChI=1S/C30H33N5O4/c1-32-21-29(38)34-26(18-23-13-15-25(36)16-14-23)30(39)33(19-24-11-5-6-17-31-24)20-27(34)35(32)28(37)12-7-10-22-8-3-2-4-9-22/h2-6,8-9,11,13-17,26-27,36H,7,10,12,18-21H2,1H3/t26-,27?/m0/s1. The number of aryl methyl sites for hydroxylation is 1. The lowest BCUT2D eigenvalue weighted by Crippen LogP contribution is -2.75. The molecule has 2 atom stereocenters. The molecule has 2 saturated heterocycles. The van der Waals surface area contributed by atoms with Crippen LogP contribution in [0.1, 0.15) is 29.7 Å². The number of amides is 3. The van der Waals surface area contributed by atoms with Gasteiger partial charge in [-0.2, -0.15) is 0 Å². The molecule has 3 aromatic rings. The lowest BCUT2D eigenvalue weighted by atomic mass is 9.98. The Hall–Kier alpha value is -4.24. The molecule has 0 aliphatic carbocycles. The number of phenolic OH excluding ortho intramolecular Hbond substituents is 1. The average molecular weight is 528 g/mol. The highest BCUT2D eigenvalue weighted by molar-refractivity contribution is 5.91. The molecule has 0 bridgehead atoms. The number of hydrogen-bond donors (Lipinski definition) is 1. The van der Waals surface area contributed by atoms with Gasteiger partial charge in [0, 0.05) is 26.1 Å². The van der Waals surface area contributed by atoms with Crippen LogP contribution in [0.25, 0.3) is 0 Å². The van der Waals surface area contributed by atoms with Gasteiger partial charge in [0.2, 0.25) is 17.7 Å². The summed E-state index contributed by atoms with van der Waals surface area (Å²) in [6.07, 6.45) is 3.13.